The molecule has 7 rings (SSSR count). The minimum absolute atomic E-state index is 0.0325. The number of hydrogen-bond donors (Lipinski definition) is 0. The minimum Gasteiger partial charge on any atom is -0.378 e. The Kier molecular flexibility index (Phi) is 7.76. The van der Waals surface area contributed by atoms with E-state index in [0.717, 1.165) is 42.0 Å². The number of aromatic nitrogens is 5. The molecule has 1 atom stereocenters. The fourth-order valence-electron chi connectivity index (χ4n) is 6.28. The van der Waals surface area contributed by atoms with Crippen LogP contribution in [0.1, 0.15) is 39.4 Å². The molecule has 2 aromatic heterocycles. The molecule has 44 heavy (non-hydrogen) atoms. The van der Waals surface area contributed by atoms with Crippen molar-refractivity contribution in [2.75, 3.05) is 37.7 Å². The molecule has 0 saturated carbocycles. The Balaban J connectivity index is 1.22. The first kappa shape index (κ1) is 28.1. The number of nitrogens with zero attached hydrogens (tertiary/aromatic N) is 7. The predicted molar refractivity (Wildman–Crippen MR) is 167 cm³/mol. The maximum atomic E-state index is 14.2. The molecule has 10 nitrogen and oxygen atoms in total. The summed E-state index contributed by atoms with van der Waals surface area (Å²) in [6, 6.07) is 12.6. The van der Waals surface area contributed by atoms with Crippen LogP contribution in [0.5, 0.6) is 0 Å². The van der Waals surface area contributed by atoms with Gasteiger partial charge in [0.15, 0.2) is 5.78 Å². The van der Waals surface area contributed by atoms with Gasteiger partial charge in [0.1, 0.15) is 18.2 Å². The Morgan fingerprint density at radius 1 is 1.07 bits per heavy atom. The van der Waals surface area contributed by atoms with Crippen LogP contribution >= 0.6 is 11.6 Å². The van der Waals surface area contributed by atoms with Gasteiger partial charge in [0.2, 0.25) is 5.91 Å². The minimum atomic E-state index is -0.747. The number of fused-ring (bicyclic) bond motifs is 2. The monoisotopic (exact) mass is 607 g/mol. The molecule has 4 aromatic rings. The van der Waals surface area contributed by atoms with E-state index < -0.39 is 6.04 Å². The van der Waals surface area contributed by atoms with Gasteiger partial charge in [-0.25, -0.2) is 4.98 Å². The van der Waals surface area contributed by atoms with Crippen LogP contribution in [-0.4, -0.2) is 74.6 Å². The van der Waals surface area contributed by atoms with E-state index in [1.807, 2.05) is 12.1 Å². The van der Waals surface area contributed by atoms with Gasteiger partial charge in [0.05, 0.1) is 18.9 Å². The Labute approximate surface area is 259 Å². The summed E-state index contributed by atoms with van der Waals surface area (Å²) < 4.78 is 7.07. The van der Waals surface area contributed by atoms with Crippen molar-refractivity contribution in [3.63, 3.8) is 0 Å². The summed E-state index contributed by atoms with van der Waals surface area (Å²) >= 11 is 6.30. The number of rotatable bonds is 7. The number of anilines is 1. The van der Waals surface area contributed by atoms with Crippen LogP contribution in [0.25, 0.3) is 17.8 Å². The summed E-state index contributed by atoms with van der Waals surface area (Å²) in [6.07, 6.45) is 12.3. The van der Waals surface area contributed by atoms with Crippen molar-refractivity contribution in [1.29, 1.82) is 0 Å². The van der Waals surface area contributed by atoms with Crippen molar-refractivity contribution in [1.82, 2.24) is 30.1 Å². The molecule has 2 aromatic carbocycles. The lowest BCUT2D eigenvalue weighted by Gasteiger charge is -2.38. The average molecular weight is 608 g/mol. The number of halogens is 1. The van der Waals surface area contributed by atoms with Gasteiger partial charge in [-0.05, 0) is 75.9 Å². The third-order valence-electron chi connectivity index (χ3n) is 8.39. The van der Waals surface area contributed by atoms with Gasteiger partial charge < -0.3 is 14.5 Å². The van der Waals surface area contributed by atoms with E-state index in [1.165, 1.54) is 28.2 Å². The number of allylic oxidation sites excluding steroid dienone is 1. The highest BCUT2D eigenvalue weighted by atomic mass is 35.5. The van der Waals surface area contributed by atoms with E-state index in [4.69, 9.17) is 21.3 Å². The average Bonchev–Trinajstić information content (AvgIpc) is 3.76. The van der Waals surface area contributed by atoms with Gasteiger partial charge >= 0.3 is 0 Å². The molecule has 222 valence electrons. The highest BCUT2D eigenvalue weighted by Crippen LogP contribution is 2.36. The number of benzene rings is 2. The van der Waals surface area contributed by atoms with Crippen molar-refractivity contribution in [3.05, 3.63) is 106 Å². The lowest BCUT2D eigenvalue weighted by molar-refractivity contribution is -0.136. The smallest absolute Gasteiger partial charge is 0.247 e. The normalized spacial score (nSPS) is 17.6. The molecule has 0 N–H and O–H groups in total. The van der Waals surface area contributed by atoms with Crippen molar-refractivity contribution in [2.45, 2.75) is 25.3 Å². The molecule has 1 fully saturated rings. The first-order chi connectivity index (χ1) is 21.5. The van der Waals surface area contributed by atoms with Gasteiger partial charge in [0, 0.05) is 54.5 Å². The summed E-state index contributed by atoms with van der Waals surface area (Å²) in [6.45, 7) is 3.12. The summed E-state index contributed by atoms with van der Waals surface area (Å²) in [4.78, 5) is 36.8. The zero-order valence-corrected chi connectivity index (χ0v) is 24.7. The number of hydrogen-bond acceptors (Lipinski definition) is 8. The first-order valence-corrected chi connectivity index (χ1v) is 15.1. The maximum absolute atomic E-state index is 14.2. The molecule has 3 aliphatic rings. The lowest BCUT2D eigenvalue weighted by atomic mass is 9.87. The Morgan fingerprint density at radius 2 is 1.95 bits per heavy atom. The van der Waals surface area contributed by atoms with Crippen LogP contribution < -0.4 is 4.90 Å². The summed E-state index contributed by atoms with van der Waals surface area (Å²) in [5.41, 5.74) is 6.55. The quantitative estimate of drug-likeness (QED) is 0.290. The van der Waals surface area contributed by atoms with Crippen LogP contribution in [0.4, 0.5) is 5.82 Å². The van der Waals surface area contributed by atoms with Gasteiger partial charge in [0.25, 0.3) is 0 Å². The summed E-state index contributed by atoms with van der Waals surface area (Å²) in [7, 11) is 0. The fraction of sp³-hybridized carbons (Fsp3) is 0.273. The fourth-order valence-corrected chi connectivity index (χ4v) is 6.47. The standard InChI is InChI=1S/C33H30ClN7O3/c34-26-7-8-29(41-21-36-37-38-41)25(20-26)6-9-31(43)40-13-11-28-27(10-12-35-33(28)39-14-16-44-17-15-39)32(40)30(42)19-22-4-5-23-2-1-3-24(23)18-22/h1-2,4-10,12,18,20-21,32H,3,11,13-17,19H2/b9-6+. The number of carbonyl (C=O) groups is 2. The molecule has 2 aliphatic heterocycles. The number of ether oxygens (including phenoxy) is 1. The largest absolute Gasteiger partial charge is 0.378 e. The molecule has 1 aliphatic carbocycles. The predicted octanol–water partition coefficient (Wildman–Crippen LogP) is 4.07. The lowest BCUT2D eigenvalue weighted by Crippen LogP contribution is -2.45. The topological polar surface area (TPSA) is 106 Å². The highest BCUT2D eigenvalue weighted by molar-refractivity contribution is 6.30. The van der Waals surface area contributed by atoms with Crippen molar-refractivity contribution in [3.8, 4) is 5.69 Å². The SMILES string of the molecule is O=C(Cc1ccc2c(c1)CC=C2)C1c2ccnc(N3CCOCC3)c2CCN1C(=O)/C=C/c1cc(Cl)ccc1-n1cnnn1. The molecule has 1 saturated heterocycles. The van der Waals surface area contributed by atoms with Crippen molar-refractivity contribution < 1.29 is 14.3 Å². The van der Waals surface area contributed by atoms with Crippen LogP contribution in [0, 0.1) is 0 Å². The second kappa shape index (κ2) is 12.1. The molecule has 11 heteroatoms. The van der Waals surface area contributed by atoms with Gasteiger partial charge in [-0.15, -0.1) is 5.10 Å². The maximum Gasteiger partial charge on any atom is 0.247 e. The first-order valence-electron chi connectivity index (χ1n) is 14.7. The second-order valence-electron chi connectivity index (χ2n) is 11.1. The van der Waals surface area contributed by atoms with E-state index in [9.17, 15) is 9.59 Å². The van der Waals surface area contributed by atoms with Gasteiger partial charge in [-0.2, -0.15) is 4.68 Å². The number of Topliss-reactive ketones (excluding diaryl/α,β-unsaturated/α-hetero) is 1. The number of amides is 1. The third kappa shape index (κ3) is 5.54. The molecular formula is C33H30ClN7O3. The molecule has 0 bridgehead atoms. The zero-order chi connectivity index (χ0) is 30.0. The van der Waals surface area contributed by atoms with E-state index in [-0.39, 0.29) is 18.1 Å². The van der Waals surface area contributed by atoms with Crippen molar-refractivity contribution in [2.24, 2.45) is 0 Å². The van der Waals surface area contributed by atoms with Gasteiger partial charge in [-0.3, -0.25) is 9.59 Å². The number of morpholine rings is 1. The van der Waals surface area contributed by atoms with E-state index in [1.54, 1.807) is 35.4 Å². The van der Waals surface area contributed by atoms with Crippen LogP contribution in [-0.2, 0) is 33.6 Å². The summed E-state index contributed by atoms with van der Waals surface area (Å²) in [5, 5.41) is 11.9. The van der Waals surface area contributed by atoms with Crippen LogP contribution in [0.15, 0.2) is 67.1 Å². The van der Waals surface area contributed by atoms with Crippen molar-refractivity contribution >= 4 is 41.3 Å². The molecule has 1 unspecified atom stereocenters. The zero-order valence-electron chi connectivity index (χ0n) is 24.0. The number of ketones is 1. The number of carbonyl (C=O) groups excluding carboxylic acids is 2. The van der Waals surface area contributed by atoms with Crippen LogP contribution in [0.2, 0.25) is 5.02 Å². The highest BCUT2D eigenvalue weighted by Gasteiger charge is 2.37. The Bertz CT molecular complexity index is 1780. The molecule has 0 spiro atoms. The second-order valence-corrected chi connectivity index (χ2v) is 11.5. The summed E-state index contributed by atoms with van der Waals surface area (Å²) in [5.74, 6) is 0.578. The van der Waals surface area contributed by atoms with E-state index in [2.05, 4.69) is 44.7 Å². The molecule has 1 amide bonds. The number of tetrazole rings is 1. The molecule has 4 heterocycles. The Hall–Kier alpha value is -4.67. The third-order valence-corrected chi connectivity index (χ3v) is 8.62. The van der Waals surface area contributed by atoms with Gasteiger partial charge in [-0.1, -0.05) is 42.0 Å². The number of pyridine rings is 1. The van der Waals surface area contributed by atoms with E-state index >= 15 is 0 Å². The molecule has 0 radical (unpaired) electrons. The van der Waals surface area contributed by atoms with Crippen LogP contribution in [0.3, 0.4) is 0 Å². The van der Waals surface area contributed by atoms with E-state index in [0.29, 0.717) is 42.5 Å². The Morgan fingerprint density at radius 3 is 2.80 bits per heavy atom. The molecular weight excluding hydrogens is 578 g/mol.